The Kier molecular flexibility index (Phi) is 4.87. The lowest BCUT2D eigenvalue weighted by molar-refractivity contribution is -0.0498. The van der Waals surface area contributed by atoms with Gasteiger partial charge in [-0.25, -0.2) is 9.78 Å². The number of aryl methyl sites for hydroxylation is 2. The second-order valence-electron chi connectivity index (χ2n) is 6.17. The number of carbonyl (C=O) groups is 1. The van der Waals surface area contributed by atoms with Crippen LogP contribution in [-0.2, 0) is 7.05 Å². The van der Waals surface area contributed by atoms with Crippen LogP contribution in [-0.4, -0.2) is 22.2 Å². The van der Waals surface area contributed by atoms with Crippen molar-refractivity contribution in [1.29, 1.82) is 0 Å². The predicted molar refractivity (Wildman–Crippen MR) is 88.6 cm³/mol. The highest BCUT2D eigenvalue weighted by atomic mass is 19.3. The summed E-state index contributed by atoms with van der Waals surface area (Å²) >= 11 is 0. The second kappa shape index (κ2) is 7.08. The third-order valence-electron chi connectivity index (χ3n) is 4.19. The van der Waals surface area contributed by atoms with Gasteiger partial charge in [0.05, 0.1) is 6.04 Å². The molecule has 1 aliphatic rings. The molecule has 6 nitrogen and oxygen atoms in total. The topological polar surface area (TPSA) is 68.2 Å². The van der Waals surface area contributed by atoms with Gasteiger partial charge in [-0.1, -0.05) is 0 Å². The van der Waals surface area contributed by atoms with Gasteiger partial charge < -0.3 is 19.9 Å². The van der Waals surface area contributed by atoms with Crippen molar-refractivity contribution in [3.8, 4) is 5.75 Å². The Morgan fingerprint density at radius 3 is 2.72 bits per heavy atom. The van der Waals surface area contributed by atoms with Gasteiger partial charge in [0.1, 0.15) is 11.6 Å². The van der Waals surface area contributed by atoms with Crippen LogP contribution >= 0.6 is 0 Å². The fourth-order valence-electron chi connectivity index (χ4n) is 2.75. The molecule has 0 aliphatic heterocycles. The van der Waals surface area contributed by atoms with Crippen molar-refractivity contribution >= 4 is 11.7 Å². The van der Waals surface area contributed by atoms with E-state index in [9.17, 15) is 13.6 Å². The molecule has 1 aromatic carbocycles. The number of ether oxygens (including phenoxy) is 1. The molecule has 134 valence electrons. The molecule has 0 bridgehead atoms. The molecule has 1 aliphatic carbocycles. The average molecular weight is 350 g/mol. The number of nitrogens with one attached hydrogen (secondary N) is 2. The van der Waals surface area contributed by atoms with Crippen molar-refractivity contribution in [3.63, 3.8) is 0 Å². The van der Waals surface area contributed by atoms with E-state index in [1.165, 1.54) is 12.1 Å². The predicted octanol–water partition coefficient (Wildman–Crippen LogP) is 3.60. The van der Waals surface area contributed by atoms with Gasteiger partial charge in [0.2, 0.25) is 0 Å². The number of urea groups is 1. The number of benzene rings is 1. The summed E-state index contributed by atoms with van der Waals surface area (Å²) in [6.07, 6.45) is 5.65. The zero-order valence-electron chi connectivity index (χ0n) is 14.0. The first-order valence-electron chi connectivity index (χ1n) is 8.04. The van der Waals surface area contributed by atoms with E-state index in [4.69, 9.17) is 0 Å². The van der Waals surface area contributed by atoms with Crippen molar-refractivity contribution in [3.05, 3.63) is 42.0 Å². The van der Waals surface area contributed by atoms with Gasteiger partial charge >= 0.3 is 12.6 Å². The Labute approximate surface area is 144 Å². The van der Waals surface area contributed by atoms with Gasteiger partial charge in [-0.2, -0.15) is 8.78 Å². The molecule has 0 spiro atoms. The van der Waals surface area contributed by atoms with Crippen LogP contribution in [0.4, 0.5) is 19.3 Å². The maximum Gasteiger partial charge on any atom is 0.387 e. The molecule has 8 heteroatoms. The Morgan fingerprint density at radius 1 is 1.40 bits per heavy atom. The lowest BCUT2D eigenvalue weighted by atomic mass is 10.1. The molecule has 1 atom stereocenters. The summed E-state index contributed by atoms with van der Waals surface area (Å²) in [5.74, 6) is 1.26. The van der Waals surface area contributed by atoms with E-state index in [0.29, 0.717) is 17.2 Å². The first kappa shape index (κ1) is 17.2. The van der Waals surface area contributed by atoms with Crippen LogP contribution in [0.5, 0.6) is 5.75 Å². The number of rotatable bonds is 6. The Hall–Kier alpha value is -2.64. The SMILES string of the molecule is Cc1cc(OC(F)F)ccc1NC(=O)NC(c1nccn1C)C1CC1. The van der Waals surface area contributed by atoms with E-state index < -0.39 is 6.61 Å². The highest BCUT2D eigenvalue weighted by Gasteiger charge is 2.35. The van der Waals surface area contributed by atoms with Crippen molar-refractivity contribution in [2.24, 2.45) is 13.0 Å². The molecule has 1 saturated carbocycles. The Balaban J connectivity index is 1.66. The van der Waals surface area contributed by atoms with Gasteiger partial charge in [0.25, 0.3) is 0 Å². The standard InChI is InChI=1S/C17H20F2N4O2/c1-10-9-12(25-16(18)19)5-6-13(10)21-17(24)22-14(11-3-4-11)15-20-7-8-23(15)2/h5-9,11,14,16H,3-4H2,1-2H3,(H2,21,22,24). The van der Waals surface area contributed by atoms with Crippen LogP contribution in [0.2, 0.25) is 0 Å². The van der Waals surface area contributed by atoms with Crippen LogP contribution < -0.4 is 15.4 Å². The number of hydrogen-bond donors (Lipinski definition) is 2. The summed E-state index contributed by atoms with van der Waals surface area (Å²) in [7, 11) is 1.89. The van der Waals surface area contributed by atoms with Crippen molar-refractivity contribution in [1.82, 2.24) is 14.9 Å². The first-order chi connectivity index (χ1) is 11.9. The molecule has 2 amide bonds. The normalized spacial score (nSPS) is 15.1. The molecular weight excluding hydrogens is 330 g/mol. The molecule has 2 aromatic rings. The molecule has 1 heterocycles. The zero-order chi connectivity index (χ0) is 18.0. The van der Waals surface area contributed by atoms with E-state index in [1.807, 2.05) is 17.8 Å². The van der Waals surface area contributed by atoms with Crippen LogP contribution in [0.15, 0.2) is 30.6 Å². The fraction of sp³-hybridized carbons (Fsp3) is 0.412. The van der Waals surface area contributed by atoms with Crippen molar-refractivity contribution in [2.75, 3.05) is 5.32 Å². The summed E-state index contributed by atoms with van der Waals surface area (Å²) in [6.45, 7) is -1.16. The molecule has 1 fully saturated rings. The van der Waals surface area contributed by atoms with E-state index in [2.05, 4.69) is 20.4 Å². The molecule has 1 aromatic heterocycles. The molecule has 0 radical (unpaired) electrons. The maximum absolute atomic E-state index is 12.4. The number of hydrogen-bond acceptors (Lipinski definition) is 3. The molecule has 25 heavy (non-hydrogen) atoms. The Morgan fingerprint density at radius 2 is 2.16 bits per heavy atom. The quantitative estimate of drug-likeness (QED) is 0.836. The number of anilines is 1. The minimum Gasteiger partial charge on any atom is -0.435 e. The number of carbonyl (C=O) groups excluding carboxylic acids is 1. The number of nitrogens with zero attached hydrogens (tertiary/aromatic N) is 2. The highest BCUT2D eigenvalue weighted by molar-refractivity contribution is 5.90. The number of imidazole rings is 1. The molecule has 0 saturated heterocycles. The number of aromatic nitrogens is 2. The number of halogens is 2. The van der Waals surface area contributed by atoms with Crippen LogP contribution in [0.25, 0.3) is 0 Å². The minimum atomic E-state index is -2.88. The van der Waals surface area contributed by atoms with E-state index in [-0.39, 0.29) is 17.8 Å². The monoisotopic (exact) mass is 350 g/mol. The summed E-state index contributed by atoms with van der Waals surface area (Å²) < 4.78 is 30.7. The highest BCUT2D eigenvalue weighted by Crippen LogP contribution is 2.40. The number of amides is 2. The van der Waals surface area contributed by atoms with Gasteiger partial charge in [-0.3, -0.25) is 0 Å². The summed E-state index contributed by atoms with van der Waals surface area (Å²) in [4.78, 5) is 16.7. The second-order valence-corrected chi connectivity index (χ2v) is 6.17. The zero-order valence-corrected chi connectivity index (χ0v) is 14.0. The Bertz CT molecular complexity index is 759. The molecule has 2 N–H and O–H groups in total. The lowest BCUT2D eigenvalue weighted by Crippen LogP contribution is -2.35. The van der Waals surface area contributed by atoms with Crippen LogP contribution in [0.1, 0.15) is 30.3 Å². The first-order valence-corrected chi connectivity index (χ1v) is 8.04. The third kappa shape index (κ3) is 4.26. The molecule has 3 rings (SSSR count). The molecule has 1 unspecified atom stereocenters. The van der Waals surface area contributed by atoms with Gasteiger partial charge in [-0.15, -0.1) is 0 Å². The summed E-state index contributed by atoms with van der Waals surface area (Å²) in [5.41, 5.74) is 1.17. The van der Waals surface area contributed by atoms with Gasteiger partial charge in [0, 0.05) is 25.1 Å². The van der Waals surface area contributed by atoms with E-state index in [0.717, 1.165) is 18.7 Å². The molecular formula is C17H20F2N4O2. The lowest BCUT2D eigenvalue weighted by Gasteiger charge is -2.19. The van der Waals surface area contributed by atoms with E-state index >= 15 is 0 Å². The van der Waals surface area contributed by atoms with Gasteiger partial charge in [-0.05, 0) is 49.4 Å². The smallest absolute Gasteiger partial charge is 0.387 e. The maximum atomic E-state index is 12.4. The van der Waals surface area contributed by atoms with E-state index in [1.54, 1.807) is 19.2 Å². The average Bonchev–Trinajstić information content (AvgIpc) is 3.29. The number of alkyl halides is 2. The third-order valence-corrected chi connectivity index (χ3v) is 4.19. The fourth-order valence-corrected chi connectivity index (χ4v) is 2.75. The van der Waals surface area contributed by atoms with Crippen LogP contribution in [0, 0.1) is 12.8 Å². The van der Waals surface area contributed by atoms with Crippen LogP contribution in [0.3, 0.4) is 0 Å². The minimum absolute atomic E-state index is 0.0577. The largest absolute Gasteiger partial charge is 0.435 e. The van der Waals surface area contributed by atoms with Gasteiger partial charge in [0.15, 0.2) is 0 Å². The van der Waals surface area contributed by atoms with Crippen molar-refractivity contribution < 1.29 is 18.3 Å². The van der Waals surface area contributed by atoms with Crippen molar-refractivity contribution in [2.45, 2.75) is 32.4 Å². The summed E-state index contributed by atoms with van der Waals surface area (Å²) in [6, 6.07) is 3.89. The summed E-state index contributed by atoms with van der Waals surface area (Å²) in [5, 5.41) is 5.72.